The van der Waals surface area contributed by atoms with Gasteiger partial charge in [0.2, 0.25) is 10.0 Å². The number of hydrogen-bond donors (Lipinski definition) is 2. The van der Waals surface area contributed by atoms with Crippen molar-refractivity contribution in [3.05, 3.63) is 93.3 Å². The molecule has 0 unspecified atom stereocenters. The van der Waals surface area contributed by atoms with E-state index in [9.17, 15) is 35.6 Å². The van der Waals surface area contributed by atoms with Gasteiger partial charge in [-0.05, 0) is 56.7 Å². The number of aromatic amines is 1. The Labute approximate surface area is 215 Å². The smallest absolute Gasteiger partial charge is 0.331 e. The van der Waals surface area contributed by atoms with Crippen LogP contribution in [0.3, 0.4) is 0 Å². The van der Waals surface area contributed by atoms with E-state index >= 15 is 0 Å². The van der Waals surface area contributed by atoms with Crippen LogP contribution in [0.2, 0.25) is 0 Å². The summed E-state index contributed by atoms with van der Waals surface area (Å²) in [5, 5.41) is -0.922. The first-order chi connectivity index (χ1) is 17.7. The molecular weight excluding hydrogens is 526 g/mol. The maximum absolute atomic E-state index is 14.7. The lowest BCUT2D eigenvalue weighted by atomic mass is 9.99. The molecule has 2 N–H and O–H groups in total. The Morgan fingerprint density at radius 1 is 1.11 bits per heavy atom. The van der Waals surface area contributed by atoms with E-state index in [2.05, 4.69) is 4.98 Å². The zero-order valence-corrected chi connectivity index (χ0v) is 21.3. The van der Waals surface area contributed by atoms with Gasteiger partial charge in [0.1, 0.15) is 11.5 Å². The number of fused-ring (bicyclic) bond motifs is 1. The number of rotatable bonds is 6. The molecule has 2 aromatic heterocycles. The van der Waals surface area contributed by atoms with Crippen molar-refractivity contribution in [1.82, 2.24) is 14.3 Å². The molecule has 0 atom stereocenters. The normalized spacial score (nSPS) is 12.3. The Balaban J connectivity index is 2.16. The molecule has 0 spiro atoms. The van der Waals surface area contributed by atoms with Crippen molar-refractivity contribution < 1.29 is 30.8 Å². The zero-order chi connectivity index (χ0) is 28.0. The third kappa shape index (κ3) is 4.95. The van der Waals surface area contributed by atoms with Crippen molar-refractivity contribution in [2.45, 2.75) is 38.7 Å². The number of benzene rings is 2. The van der Waals surface area contributed by atoms with Crippen molar-refractivity contribution in [3.8, 4) is 11.1 Å². The van der Waals surface area contributed by atoms with E-state index < -0.39 is 56.5 Å². The van der Waals surface area contributed by atoms with Crippen LogP contribution in [0.1, 0.15) is 41.0 Å². The van der Waals surface area contributed by atoms with Gasteiger partial charge in [0.25, 0.3) is 11.5 Å². The molecule has 0 fully saturated rings. The second-order valence-electron chi connectivity index (χ2n) is 9.02. The van der Waals surface area contributed by atoms with Crippen molar-refractivity contribution in [2.24, 2.45) is 0 Å². The van der Waals surface area contributed by atoms with Gasteiger partial charge in [-0.15, -0.1) is 0 Å². The molecule has 38 heavy (non-hydrogen) atoms. The highest BCUT2D eigenvalue weighted by Crippen LogP contribution is 2.40. The predicted octanol–water partition coefficient (Wildman–Crippen LogP) is 4.98. The minimum Gasteiger partial charge on any atom is -0.331 e. The van der Waals surface area contributed by atoms with Crippen LogP contribution in [-0.4, -0.2) is 29.1 Å². The largest absolute Gasteiger partial charge is 0.416 e. The van der Waals surface area contributed by atoms with Gasteiger partial charge < -0.3 is 9.55 Å². The molecule has 12 heteroatoms. The maximum Gasteiger partial charge on any atom is 0.416 e. The van der Waals surface area contributed by atoms with Crippen molar-refractivity contribution in [2.75, 3.05) is 0 Å². The topological polar surface area (TPSA) is 101 Å². The number of carbonyl (C=O) groups excluding carboxylic acids is 1. The Kier molecular flexibility index (Phi) is 6.96. The highest BCUT2D eigenvalue weighted by Gasteiger charge is 2.35. The lowest BCUT2D eigenvalue weighted by Gasteiger charge is -2.15. The molecule has 0 saturated heterocycles. The van der Waals surface area contributed by atoms with Gasteiger partial charge in [-0.2, -0.15) is 13.2 Å². The van der Waals surface area contributed by atoms with Gasteiger partial charge in [-0.1, -0.05) is 18.2 Å². The summed E-state index contributed by atoms with van der Waals surface area (Å²) in [5.41, 5.74) is -2.47. The van der Waals surface area contributed by atoms with Gasteiger partial charge in [0.15, 0.2) is 0 Å². The predicted molar refractivity (Wildman–Crippen MR) is 135 cm³/mol. The molecule has 200 valence electrons. The molecule has 0 aliphatic heterocycles. The first-order valence-electron chi connectivity index (χ1n) is 11.4. The van der Waals surface area contributed by atoms with Gasteiger partial charge in [0.05, 0.1) is 22.9 Å². The number of aromatic nitrogens is 2. The molecular formula is C26H23F4N3O4S. The number of aryl methyl sites for hydroxylation is 1. The minimum absolute atomic E-state index is 0.0350. The lowest BCUT2D eigenvalue weighted by Crippen LogP contribution is -2.37. The number of pyridine rings is 1. The Morgan fingerprint density at radius 3 is 2.39 bits per heavy atom. The number of amides is 1. The molecule has 0 aliphatic carbocycles. The SMILES string of the molecule is Cc1cc2c(-c3ccc[nH]c3=O)c(C(=O)NS(=O)(=O)C(C)C)n(Cc3ccccc3F)c2cc1C(F)(F)F. The van der Waals surface area contributed by atoms with E-state index in [-0.39, 0.29) is 33.2 Å². The highest BCUT2D eigenvalue weighted by molar-refractivity contribution is 7.90. The van der Waals surface area contributed by atoms with Gasteiger partial charge in [-0.3, -0.25) is 9.59 Å². The Bertz CT molecular complexity index is 1720. The van der Waals surface area contributed by atoms with Crippen LogP contribution in [0, 0.1) is 12.7 Å². The summed E-state index contributed by atoms with van der Waals surface area (Å²) in [4.78, 5) is 28.8. The van der Waals surface area contributed by atoms with Gasteiger partial charge in [0, 0.05) is 28.3 Å². The van der Waals surface area contributed by atoms with E-state index in [1.165, 1.54) is 63.4 Å². The first kappa shape index (κ1) is 27.1. The van der Waals surface area contributed by atoms with E-state index in [4.69, 9.17) is 0 Å². The number of nitrogens with one attached hydrogen (secondary N) is 2. The summed E-state index contributed by atoms with van der Waals surface area (Å²) in [5.74, 6) is -1.85. The molecule has 0 radical (unpaired) electrons. The quantitative estimate of drug-likeness (QED) is 0.332. The molecule has 0 bridgehead atoms. The fourth-order valence-corrected chi connectivity index (χ4v) is 4.78. The van der Waals surface area contributed by atoms with Crippen LogP contribution in [-0.2, 0) is 22.7 Å². The lowest BCUT2D eigenvalue weighted by molar-refractivity contribution is -0.137. The molecule has 4 aromatic rings. The second-order valence-corrected chi connectivity index (χ2v) is 11.3. The van der Waals surface area contributed by atoms with Crippen LogP contribution in [0.15, 0.2) is 59.5 Å². The summed E-state index contributed by atoms with van der Waals surface area (Å²) < 4.78 is 84.5. The van der Waals surface area contributed by atoms with Crippen LogP contribution in [0.5, 0.6) is 0 Å². The van der Waals surface area contributed by atoms with E-state index in [1.54, 1.807) is 0 Å². The second kappa shape index (κ2) is 9.75. The van der Waals surface area contributed by atoms with Gasteiger partial charge >= 0.3 is 6.18 Å². The van der Waals surface area contributed by atoms with E-state index in [0.29, 0.717) is 0 Å². The van der Waals surface area contributed by atoms with E-state index in [1.807, 2.05) is 4.72 Å². The summed E-state index contributed by atoms with van der Waals surface area (Å²) in [7, 11) is -4.18. The summed E-state index contributed by atoms with van der Waals surface area (Å²) in [6, 6.07) is 10.3. The average Bonchev–Trinajstić information content (AvgIpc) is 3.12. The highest BCUT2D eigenvalue weighted by atomic mass is 32.2. The molecule has 0 aliphatic rings. The molecule has 7 nitrogen and oxygen atoms in total. The Hall–Kier alpha value is -3.93. The number of sulfonamides is 1. The van der Waals surface area contributed by atoms with Crippen LogP contribution < -0.4 is 10.3 Å². The van der Waals surface area contributed by atoms with Crippen molar-refractivity contribution in [1.29, 1.82) is 0 Å². The van der Waals surface area contributed by atoms with Crippen molar-refractivity contribution >= 4 is 26.8 Å². The Morgan fingerprint density at radius 2 is 1.79 bits per heavy atom. The minimum atomic E-state index is -4.75. The average molecular weight is 550 g/mol. The fourth-order valence-electron chi connectivity index (χ4n) is 4.19. The number of halogens is 4. The third-order valence-corrected chi connectivity index (χ3v) is 7.87. The molecule has 2 heterocycles. The number of H-pyrrole nitrogens is 1. The monoisotopic (exact) mass is 549 g/mol. The number of carbonyl (C=O) groups is 1. The first-order valence-corrected chi connectivity index (χ1v) is 13.0. The number of nitrogens with zero attached hydrogens (tertiary/aromatic N) is 1. The van der Waals surface area contributed by atoms with Crippen LogP contribution in [0.4, 0.5) is 17.6 Å². The summed E-state index contributed by atoms with van der Waals surface area (Å²) in [6.07, 6.45) is -3.42. The fraction of sp³-hybridized carbons (Fsp3) is 0.231. The van der Waals surface area contributed by atoms with Crippen LogP contribution in [0.25, 0.3) is 22.0 Å². The van der Waals surface area contributed by atoms with E-state index in [0.717, 1.165) is 16.7 Å². The van der Waals surface area contributed by atoms with Crippen LogP contribution >= 0.6 is 0 Å². The zero-order valence-electron chi connectivity index (χ0n) is 20.5. The maximum atomic E-state index is 14.7. The molecule has 4 rings (SSSR count). The number of alkyl halides is 3. The molecule has 2 aromatic carbocycles. The van der Waals surface area contributed by atoms with Gasteiger partial charge in [-0.25, -0.2) is 17.5 Å². The standard InChI is InChI=1S/C26H23F4N3O4S/c1-14(2)38(36,37)32-25(35)23-22(17-8-6-10-31-24(17)34)18-11-15(3)19(26(28,29)30)12-21(18)33(23)13-16-7-4-5-9-20(16)27/h4-12,14H,13H2,1-3H3,(H,31,34)(H,32,35). The number of hydrogen-bond acceptors (Lipinski definition) is 4. The summed E-state index contributed by atoms with van der Waals surface area (Å²) >= 11 is 0. The molecule has 0 saturated carbocycles. The summed E-state index contributed by atoms with van der Waals surface area (Å²) in [6.45, 7) is 3.50. The van der Waals surface area contributed by atoms with Crippen molar-refractivity contribution in [3.63, 3.8) is 0 Å². The third-order valence-electron chi connectivity index (χ3n) is 6.16. The molecule has 1 amide bonds.